The molecule has 4 nitrogen and oxygen atoms in total. The molecule has 1 saturated carbocycles. The van der Waals surface area contributed by atoms with Gasteiger partial charge in [-0.05, 0) is 49.1 Å². The molecule has 120 valence electrons. The fourth-order valence-corrected chi connectivity index (χ4v) is 3.06. The Kier molecular flexibility index (Phi) is 5.22. The summed E-state index contributed by atoms with van der Waals surface area (Å²) in [5.74, 6) is -0.439. The summed E-state index contributed by atoms with van der Waals surface area (Å²) in [5, 5.41) is 5.47. The average molecular weight is 302 g/mol. The van der Waals surface area contributed by atoms with Gasteiger partial charge in [-0.15, -0.1) is 0 Å². The minimum atomic E-state index is -0.593. The highest BCUT2D eigenvalue weighted by atomic mass is 16.2. The first-order valence-electron chi connectivity index (χ1n) is 8.03. The van der Waals surface area contributed by atoms with Crippen molar-refractivity contribution in [2.24, 2.45) is 11.3 Å². The van der Waals surface area contributed by atoms with Gasteiger partial charge in [-0.2, -0.15) is 0 Å². The number of rotatable bonds is 2. The van der Waals surface area contributed by atoms with E-state index in [-0.39, 0.29) is 6.04 Å². The summed E-state index contributed by atoms with van der Waals surface area (Å²) in [6.07, 6.45) is 4.11. The third kappa shape index (κ3) is 4.58. The Morgan fingerprint density at radius 1 is 0.955 bits per heavy atom. The molecule has 2 amide bonds. The number of nitrogens with one attached hydrogen (secondary N) is 2. The molecule has 1 aromatic rings. The summed E-state index contributed by atoms with van der Waals surface area (Å²) in [5.41, 5.74) is 0.957. The molecule has 1 fully saturated rings. The van der Waals surface area contributed by atoms with Crippen molar-refractivity contribution in [1.82, 2.24) is 5.32 Å². The average Bonchev–Trinajstić information content (AvgIpc) is 2.48. The maximum Gasteiger partial charge on any atom is 0.313 e. The van der Waals surface area contributed by atoms with Gasteiger partial charge < -0.3 is 10.6 Å². The Balaban J connectivity index is 1.79. The van der Waals surface area contributed by atoms with Crippen LogP contribution in [0.5, 0.6) is 0 Å². The lowest BCUT2D eigenvalue weighted by molar-refractivity contribution is -0.136. The van der Waals surface area contributed by atoms with Crippen LogP contribution in [0.3, 0.4) is 0 Å². The Hall–Kier alpha value is -1.84. The fourth-order valence-electron chi connectivity index (χ4n) is 3.06. The largest absolute Gasteiger partial charge is 0.345 e. The third-order valence-corrected chi connectivity index (χ3v) is 4.53. The molecule has 22 heavy (non-hydrogen) atoms. The van der Waals surface area contributed by atoms with Crippen molar-refractivity contribution in [3.8, 4) is 0 Å². The summed E-state index contributed by atoms with van der Waals surface area (Å²) >= 11 is 0. The minimum absolute atomic E-state index is 0.118. The molecule has 0 atom stereocenters. The van der Waals surface area contributed by atoms with E-state index >= 15 is 0 Å². The van der Waals surface area contributed by atoms with Gasteiger partial charge in [0, 0.05) is 11.7 Å². The molecule has 0 unspecified atom stereocenters. The third-order valence-electron chi connectivity index (χ3n) is 4.53. The Morgan fingerprint density at radius 2 is 1.55 bits per heavy atom. The molecule has 2 rings (SSSR count). The van der Waals surface area contributed by atoms with Gasteiger partial charge >= 0.3 is 11.8 Å². The molecular formula is C18H26N2O2. The Bertz CT molecular complexity index is 512. The maximum absolute atomic E-state index is 12.0. The number of carbonyl (C=O) groups is 2. The lowest BCUT2D eigenvalue weighted by atomic mass is 9.71. The zero-order chi connectivity index (χ0) is 16.2. The predicted molar refractivity (Wildman–Crippen MR) is 88.4 cm³/mol. The van der Waals surface area contributed by atoms with Gasteiger partial charge in [0.25, 0.3) is 0 Å². The van der Waals surface area contributed by atoms with Crippen LogP contribution >= 0.6 is 0 Å². The highest BCUT2D eigenvalue weighted by Gasteiger charge is 2.30. The maximum atomic E-state index is 12.0. The van der Waals surface area contributed by atoms with Crippen molar-refractivity contribution in [1.29, 1.82) is 0 Å². The number of hydrogen-bond acceptors (Lipinski definition) is 2. The van der Waals surface area contributed by atoms with Crippen LogP contribution in [0.2, 0.25) is 0 Å². The van der Waals surface area contributed by atoms with Gasteiger partial charge in [0.05, 0.1) is 0 Å². The smallest absolute Gasteiger partial charge is 0.313 e. The summed E-state index contributed by atoms with van der Waals surface area (Å²) in [7, 11) is 0. The van der Waals surface area contributed by atoms with Crippen molar-refractivity contribution in [2.75, 3.05) is 5.32 Å². The second-order valence-corrected chi connectivity index (χ2v) is 7.21. The Labute approximate surface area is 132 Å². The highest BCUT2D eigenvalue weighted by molar-refractivity contribution is 6.39. The van der Waals surface area contributed by atoms with Crippen LogP contribution < -0.4 is 10.6 Å². The molecule has 0 spiro atoms. The van der Waals surface area contributed by atoms with Crippen molar-refractivity contribution in [3.63, 3.8) is 0 Å². The minimum Gasteiger partial charge on any atom is -0.345 e. The lowest BCUT2D eigenvalue weighted by Gasteiger charge is -2.37. The van der Waals surface area contributed by atoms with Crippen LogP contribution in [0.25, 0.3) is 0 Å². The molecule has 0 saturated heterocycles. The van der Waals surface area contributed by atoms with E-state index in [1.165, 1.54) is 0 Å². The fraction of sp³-hybridized carbons (Fsp3) is 0.556. The van der Waals surface area contributed by atoms with Crippen molar-refractivity contribution >= 4 is 17.5 Å². The normalized spacial score (nSPS) is 22.0. The van der Waals surface area contributed by atoms with E-state index in [2.05, 4.69) is 31.4 Å². The van der Waals surface area contributed by atoms with E-state index in [1.54, 1.807) is 12.1 Å². The first kappa shape index (κ1) is 16.5. The molecule has 2 N–H and O–H groups in total. The summed E-state index contributed by atoms with van der Waals surface area (Å²) in [6, 6.07) is 9.15. The molecular weight excluding hydrogens is 276 g/mol. The first-order chi connectivity index (χ1) is 10.4. The molecule has 0 aromatic heterocycles. The van der Waals surface area contributed by atoms with E-state index in [0.717, 1.165) is 25.7 Å². The molecule has 0 aliphatic heterocycles. The van der Waals surface area contributed by atoms with E-state index in [1.807, 2.05) is 18.2 Å². The van der Waals surface area contributed by atoms with Crippen molar-refractivity contribution in [2.45, 2.75) is 52.5 Å². The van der Waals surface area contributed by atoms with Gasteiger partial charge in [-0.3, -0.25) is 9.59 Å². The first-order valence-corrected chi connectivity index (χ1v) is 8.03. The zero-order valence-corrected chi connectivity index (χ0v) is 13.7. The lowest BCUT2D eigenvalue weighted by Crippen LogP contribution is -2.44. The SMILES string of the molecule is CC(C)(C)C1CCC(NC(=O)C(=O)Nc2ccccc2)CC1. The van der Waals surface area contributed by atoms with Gasteiger partial charge in [-0.25, -0.2) is 0 Å². The van der Waals surface area contributed by atoms with Crippen molar-refractivity contribution in [3.05, 3.63) is 30.3 Å². The van der Waals surface area contributed by atoms with Crippen LogP contribution in [0.4, 0.5) is 5.69 Å². The molecule has 0 heterocycles. The summed E-state index contributed by atoms with van der Waals surface area (Å²) < 4.78 is 0. The summed E-state index contributed by atoms with van der Waals surface area (Å²) in [6.45, 7) is 6.80. The second-order valence-electron chi connectivity index (χ2n) is 7.21. The number of amides is 2. The van der Waals surface area contributed by atoms with Crippen LogP contribution in [-0.2, 0) is 9.59 Å². The topological polar surface area (TPSA) is 58.2 Å². The molecule has 4 heteroatoms. The molecule has 1 aromatic carbocycles. The number of para-hydroxylation sites is 1. The van der Waals surface area contributed by atoms with Gasteiger partial charge in [0.15, 0.2) is 0 Å². The van der Waals surface area contributed by atoms with Gasteiger partial charge in [0.1, 0.15) is 0 Å². The van der Waals surface area contributed by atoms with Crippen LogP contribution in [0.1, 0.15) is 46.5 Å². The van der Waals surface area contributed by atoms with Crippen LogP contribution in [-0.4, -0.2) is 17.9 Å². The number of hydrogen-bond donors (Lipinski definition) is 2. The van der Waals surface area contributed by atoms with E-state index in [4.69, 9.17) is 0 Å². The van der Waals surface area contributed by atoms with E-state index in [0.29, 0.717) is 17.0 Å². The quantitative estimate of drug-likeness (QED) is 0.823. The predicted octanol–water partition coefficient (Wildman–Crippen LogP) is 3.35. The monoisotopic (exact) mass is 302 g/mol. The van der Waals surface area contributed by atoms with Crippen LogP contribution in [0.15, 0.2) is 30.3 Å². The van der Waals surface area contributed by atoms with E-state index in [9.17, 15) is 9.59 Å². The standard InChI is InChI=1S/C18H26N2O2/c1-18(2,3)13-9-11-15(12-10-13)20-17(22)16(21)19-14-7-5-4-6-8-14/h4-8,13,15H,9-12H2,1-3H3,(H,19,21)(H,20,22). The second kappa shape index (κ2) is 6.95. The van der Waals surface area contributed by atoms with Crippen LogP contribution in [0, 0.1) is 11.3 Å². The molecule has 0 radical (unpaired) electrons. The highest BCUT2D eigenvalue weighted by Crippen LogP contribution is 2.37. The summed E-state index contributed by atoms with van der Waals surface area (Å²) in [4.78, 5) is 23.9. The molecule has 1 aliphatic rings. The number of benzene rings is 1. The van der Waals surface area contributed by atoms with Gasteiger partial charge in [0.2, 0.25) is 0 Å². The number of anilines is 1. The van der Waals surface area contributed by atoms with Gasteiger partial charge in [-0.1, -0.05) is 39.0 Å². The molecule has 1 aliphatic carbocycles. The molecule has 0 bridgehead atoms. The zero-order valence-electron chi connectivity index (χ0n) is 13.7. The Morgan fingerprint density at radius 3 is 2.09 bits per heavy atom. The number of carbonyl (C=O) groups excluding carboxylic acids is 2. The van der Waals surface area contributed by atoms with Crippen molar-refractivity contribution < 1.29 is 9.59 Å². The van der Waals surface area contributed by atoms with E-state index < -0.39 is 11.8 Å².